The van der Waals surface area contributed by atoms with Gasteiger partial charge < -0.3 is 5.11 Å². The number of rotatable bonds is 4. The van der Waals surface area contributed by atoms with Gasteiger partial charge in [0.1, 0.15) is 0 Å². The highest BCUT2D eigenvalue weighted by atomic mass is 16.4. The molecule has 1 N–H and O–H groups in total. The van der Waals surface area contributed by atoms with E-state index in [0.29, 0.717) is 12.5 Å². The van der Waals surface area contributed by atoms with Gasteiger partial charge in [-0.15, -0.1) is 0 Å². The Balaban J connectivity index is 2.09. The van der Waals surface area contributed by atoms with Crippen molar-refractivity contribution in [2.24, 2.45) is 5.92 Å². The molecule has 0 saturated heterocycles. The van der Waals surface area contributed by atoms with Crippen molar-refractivity contribution in [3.63, 3.8) is 0 Å². The maximum absolute atomic E-state index is 10.8. The van der Waals surface area contributed by atoms with Crippen molar-refractivity contribution >= 4 is 5.97 Å². The summed E-state index contributed by atoms with van der Waals surface area (Å²) in [5.41, 5.74) is 1.06. The van der Waals surface area contributed by atoms with Crippen LogP contribution in [0.4, 0.5) is 0 Å². The molecule has 1 aliphatic carbocycles. The fourth-order valence-electron chi connectivity index (χ4n) is 2.38. The zero-order valence-electron chi connectivity index (χ0n) is 9.59. The summed E-state index contributed by atoms with van der Waals surface area (Å²) in [5, 5.41) is 13.2. The number of carboxylic acid groups (broad SMARTS) is 1. The molecular formula is C12H18N2O2. The average Bonchev–Trinajstić information content (AvgIpc) is 2.85. The van der Waals surface area contributed by atoms with Crippen LogP contribution in [0.25, 0.3) is 0 Å². The quantitative estimate of drug-likeness (QED) is 0.850. The lowest BCUT2D eigenvalue weighted by molar-refractivity contribution is -0.141. The summed E-state index contributed by atoms with van der Waals surface area (Å²) in [4.78, 5) is 10.8. The minimum Gasteiger partial charge on any atom is -0.481 e. The first-order valence-electron chi connectivity index (χ1n) is 5.93. The molecule has 4 heteroatoms. The number of hydrogen-bond donors (Lipinski definition) is 1. The fraction of sp³-hybridized carbons (Fsp3) is 0.667. The van der Waals surface area contributed by atoms with Gasteiger partial charge in [0, 0.05) is 18.3 Å². The Kier molecular flexibility index (Phi) is 3.27. The molecule has 1 aromatic rings. The highest BCUT2D eigenvalue weighted by molar-refractivity contribution is 5.69. The van der Waals surface area contributed by atoms with Gasteiger partial charge in [0.05, 0.1) is 12.0 Å². The van der Waals surface area contributed by atoms with Crippen LogP contribution < -0.4 is 0 Å². The van der Waals surface area contributed by atoms with Crippen molar-refractivity contribution in [3.05, 3.63) is 18.0 Å². The first-order chi connectivity index (χ1) is 7.68. The van der Waals surface area contributed by atoms with Gasteiger partial charge in [-0.2, -0.15) is 5.10 Å². The summed E-state index contributed by atoms with van der Waals surface area (Å²) in [6.45, 7) is 1.74. The van der Waals surface area contributed by atoms with E-state index in [1.165, 1.54) is 25.7 Å². The molecule has 1 atom stereocenters. The van der Waals surface area contributed by atoms with E-state index in [-0.39, 0.29) is 5.92 Å². The number of hydrogen-bond acceptors (Lipinski definition) is 2. The molecule has 1 aliphatic rings. The van der Waals surface area contributed by atoms with Gasteiger partial charge in [-0.1, -0.05) is 19.8 Å². The van der Waals surface area contributed by atoms with Crippen LogP contribution in [0, 0.1) is 5.92 Å². The lowest BCUT2D eigenvalue weighted by Gasteiger charge is -2.15. The monoisotopic (exact) mass is 222 g/mol. The molecular weight excluding hydrogens is 204 g/mol. The normalized spacial score (nSPS) is 18.8. The summed E-state index contributed by atoms with van der Waals surface area (Å²) >= 11 is 0. The van der Waals surface area contributed by atoms with Gasteiger partial charge in [-0.25, -0.2) is 0 Å². The maximum atomic E-state index is 10.8. The minimum absolute atomic E-state index is 0.336. The Morgan fingerprint density at radius 2 is 2.31 bits per heavy atom. The number of aromatic nitrogens is 2. The summed E-state index contributed by atoms with van der Waals surface area (Å²) in [6.07, 6.45) is 7.23. The Labute approximate surface area is 95.3 Å². The third-order valence-electron chi connectivity index (χ3n) is 3.36. The molecule has 0 amide bonds. The van der Waals surface area contributed by atoms with Crippen LogP contribution in [0.5, 0.6) is 0 Å². The summed E-state index contributed by atoms with van der Waals surface area (Å²) in [5.74, 6) is -1.07. The second kappa shape index (κ2) is 4.68. The summed E-state index contributed by atoms with van der Waals surface area (Å²) in [6, 6.07) is 2.43. The molecule has 88 valence electrons. The van der Waals surface area contributed by atoms with E-state index in [4.69, 9.17) is 5.11 Å². The predicted molar refractivity (Wildman–Crippen MR) is 60.2 cm³/mol. The average molecular weight is 222 g/mol. The third-order valence-corrected chi connectivity index (χ3v) is 3.36. The number of carboxylic acids is 1. The van der Waals surface area contributed by atoms with Gasteiger partial charge in [0.25, 0.3) is 0 Å². The van der Waals surface area contributed by atoms with Crippen molar-refractivity contribution in [1.29, 1.82) is 0 Å². The topological polar surface area (TPSA) is 55.1 Å². The van der Waals surface area contributed by atoms with E-state index < -0.39 is 5.97 Å². The lowest BCUT2D eigenvalue weighted by Crippen LogP contribution is -2.17. The number of nitrogens with zero attached hydrogens (tertiary/aromatic N) is 2. The van der Waals surface area contributed by atoms with Crippen molar-refractivity contribution < 1.29 is 9.90 Å². The molecule has 1 fully saturated rings. The number of aliphatic carboxylic acids is 1. The molecule has 2 rings (SSSR count). The maximum Gasteiger partial charge on any atom is 0.306 e. The molecule has 4 nitrogen and oxygen atoms in total. The smallest absolute Gasteiger partial charge is 0.306 e. The van der Waals surface area contributed by atoms with Crippen LogP contribution >= 0.6 is 0 Å². The molecule has 1 aromatic heterocycles. The summed E-state index contributed by atoms with van der Waals surface area (Å²) < 4.78 is 2.03. The first kappa shape index (κ1) is 11.2. The Bertz CT molecular complexity index is 367. The van der Waals surface area contributed by atoms with Gasteiger partial charge >= 0.3 is 5.97 Å². The second-order valence-electron chi connectivity index (χ2n) is 4.65. The highest BCUT2D eigenvalue weighted by Gasteiger charge is 2.21. The van der Waals surface area contributed by atoms with E-state index in [2.05, 4.69) is 5.10 Å². The highest BCUT2D eigenvalue weighted by Crippen LogP contribution is 2.30. The van der Waals surface area contributed by atoms with Crippen molar-refractivity contribution in [2.75, 3.05) is 0 Å². The van der Waals surface area contributed by atoms with Crippen molar-refractivity contribution in [3.8, 4) is 0 Å². The van der Waals surface area contributed by atoms with Gasteiger partial charge in [-0.05, 0) is 18.9 Å². The van der Waals surface area contributed by atoms with Gasteiger partial charge in [0.2, 0.25) is 0 Å². The standard InChI is InChI=1S/C12H18N2O2/c1-9(12(15)16)8-11-6-7-13-14(11)10-4-2-3-5-10/h6-7,9-10H,2-5,8H2,1H3,(H,15,16). The largest absolute Gasteiger partial charge is 0.481 e. The van der Waals surface area contributed by atoms with E-state index in [9.17, 15) is 4.79 Å². The zero-order valence-corrected chi connectivity index (χ0v) is 9.59. The summed E-state index contributed by atoms with van der Waals surface area (Å²) in [7, 11) is 0. The minimum atomic E-state index is -0.737. The Morgan fingerprint density at radius 1 is 1.62 bits per heavy atom. The van der Waals surface area contributed by atoms with Crippen molar-refractivity contribution in [2.45, 2.75) is 45.1 Å². The first-order valence-corrected chi connectivity index (χ1v) is 5.93. The predicted octanol–water partition coefficient (Wildman–Crippen LogP) is 2.26. The molecule has 16 heavy (non-hydrogen) atoms. The van der Waals surface area contributed by atoms with E-state index in [1.807, 2.05) is 10.7 Å². The number of carbonyl (C=O) groups is 1. The fourth-order valence-corrected chi connectivity index (χ4v) is 2.38. The van der Waals surface area contributed by atoms with Crippen LogP contribution in [0.2, 0.25) is 0 Å². The molecule has 0 aliphatic heterocycles. The van der Waals surface area contributed by atoms with E-state index >= 15 is 0 Å². The van der Waals surface area contributed by atoms with Crippen LogP contribution in [-0.4, -0.2) is 20.9 Å². The van der Waals surface area contributed by atoms with Crippen LogP contribution in [0.15, 0.2) is 12.3 Å². The molecule has 1 heterocycles. The molecule has 0 spiro atoms. The molecule has 1 saturated carbocycles. The molecule has 1 unspecified atom stereocenters. The molecule has 0 bridgehead atoms. The Hall–Kier alpha value is -1.32. The van der Waals surface area contributed by atoms with Crippen LogP contribution in [-0.2, 0) is 11.2 Å². The lowest BCUT2D eigenvalue weighted by atomic mass is 10.1. The molecule has 0 radical (unpaired) electrons. The SMILES string of the molecule is CC(Cc1ccnn1C1CCCC1)C(=O)O. The van der Waals surface area contributed by atoms with Crippen molar-refractivity contribution in [1.82, 2.24) is 9.78 Å². The van der Waals surface area contributed by atoms with E-state index in [1.54, 1.807) is 13.1 Å². The zero-order chi connectivity index (χ0) is 11.5. The third kappa shape index (κ3) is 2.26. The van der Waals surface area contributed by atoms with Gasteiger partial charge in [0.15, 0.2) is 0 Å². The van der Waals surface area contributed by atoms with Crippen LogP contribution in [0.3, 0.4) is 0 Å². The molecule has 0 aromatic carbocycles. The van der Waals surface area contributed by atoms with Crippen LogP contribution in [0.1, 0.15) is 44.3 Å². The second-order valence-corrected chi connectivity index (χ2v) is 4.65. The Morgan fingerprint density at radius 3 is 2.94 bits per heavy atom. The van der Waals surface area contributed by atoms with Gasteiger partial charge in [-0.3, -0.25) is 9.48 Å². The van der Waals surface area contributed by atoms with E-state index in [0.717, 1.165) is 5.69 Å².